The van der Waals surface area contributed by atoms with E-state index in [9.17, 15) is 22.8 Å². The fourth-order valence-corrected chi connectivity index (χ4v) is 2.96. The Labute approximate surface area is 160 Å². The van der Waals surface area contributed by atoms with Crippen molar-refractivity contribution in [1.29, 1.82) is 0 Å². The molecule has 0 aromatic heterocycles. The number of hydrogen-bond donors (Lipinski definition) is 1. The molecule has 0 aliphatic carbocycles. The summed E-state index contributed by atoms with van der Waals surface area (Å²) in [4.78, 5) is 27.5. The van der Waals surface area contributed by atoms with Crippen molar-refractivity contribution in [3.63, 3.8) is 0 Å². The summed E-state index contributed by atoms with van der Waals surface area (Å²) >= 11 is 5.58. The molecule has 0 unspecified atom stereocenters. The lowest BCUT2D eigenvalue weighted by Crippen LogP contribution is -2.54. The van der Waals surface area contributed by atoms with Crippen LogP contribution >= 0.6 is 11.6 Å². The fraction of sp³-hybridized carbons (Fsp3) is 0.529. The van der Waals surface area contributed by atoms with Gasteiger partial charge in [0.05, 0.1) is 23.2 Å². The predicted octanol–water partition coefficient (Wildman–Crippen LogP) is 3.46. The van der Waals surface area contributed by atoms with Gasteiger partial charge in [-0.3, -0.25) is 9.69 Å². The summed E-state index contributed by atoms with van der Waals surface area (Å²) < 4.78 is 43.7. The van der Waals surface area contributed by atoms with Gasteiger partial charge in [-0.25, -0.2) is 4.79 Å². The summed E-state index contributed by atoms with van der Waals surface area (Å²) in [5.41, 5.74) is -0.980. The molecule has 150 valence electrons. The van der Waals surface area contributed by atoms with Crippen LogP contribution in [-0.4, -0.2) is 60.6 Å². The van der Waals surface area contributed by atoms with Crippen LogP contribution in [0.15, 0.2) is 18.2 Å². The molecule has 1 fully saturated rings. The number of rotatable bonds is 4. The molecule has 1 heterocycles. The monoisotopic (exact) mass is 407 g/mol. The molecule has 27 heavy (non-hydrogen) atoms. The second-order valence-corrected chi connectivity index (χ2v) is 6.49. The molecule has 1 saturated heterocycles. The smallest absolute Gasteiger partial charge is 0.417 e. The van der Waals surface area contributed by atoms with Gasteiger partial charge < -0.3 is 15.0 Å². The normalized spacial score (nSPS) is 16.7. The number of nitrogens with one attached hydrogen (secondary N) is 1. The molecule has 1 aliphatic heterocycles. The SMILES string of the molecule is CCOC(=O)N1CCN([C@@H](C)C(=O)Nc2ccc(Cl)c(C(F)(F)F)c2)CC1. The van der Waals surface area contributed by atoms with E-state index in [0.29, 0.717) is 32.8 Å². The number of carbonyl (C=O) groups is 2. The minimum absolute atomic E-state index is 0.0220. The van der Waals surface area contributed by atoms with Gasteiger partial charge in [-0.1, -0.05) is 11.6 Å². The summed E-state index contributed by atoms with van der Waals surface area (Å²) in [6.45, 7) is 5.42. The van der Waals surface area contributed by atoms with E-state index in [0.717, 1.165) is 12.1 Å². The average Bonchev–Trinajstić information content (AvgIpc) is 2.62. The molecule has 0 radical (unpaired) electrons. The molecule has 1 aliphatic rings. The van der Waals surface area contributed by atoms with Gasteiger partial charge in [0.1, 0.15) is 0 Å². The van der Waals surface area contributed by atoms with Gasteiger partial charge >= 0.3 is 12.3 Å². The first-order valence-corrected chi connectivity index (χ1v) is 8.84. The third-order valence-corrected chi connectivity index (χ3v) is 4.64. The lowest BCUT2D eigenvalue weighted by atomic mass is 10.1. The lowest BCUT2D eigenvalue weighted by molar-refractivity contribution is -0.137. The fourth-order valence-electron chi connectivity index (χ4n) is 2.74. The molecule has 2 amide bonds. The summed E-state index contributed by atoms with van der Waals surface area (Å²) in [5, 5.41) is 2.06. The van der Waals surface area contributed by atoms with Crippen LogP contribution in [0.5, 0.6) is 0 Å². The summed E-state index contributed by atoms with van der Waals surface area (Å²) in [6.07, 6.45) is -5.00. The maximum atomic E-state index is 12.9. The minimum atomic E-state index is -4.60. The van der Waals surface area contributed by atoms with Crippen LogP contribution in [0, 0.1) is 0 Å². The first-order valence-electron chi connectivity index (χ1n) is 8.46. The number of anilines is 1. The molecule has 0 saturated carbocycles. The van der Waals surface area contributed by atoms with Gasteiger partial charge in [0, 0.05) is 31.9 Å². The van der Waals surface area contributed by atoms with E-state index in [1.165, 1.54) is 6.07 Å². The van der Waals surface area contributed by atoms with Gasteiger partial charge in [-0.15, -0.1) is 0 Å². The van der Waals surface area contributed by atoms with E-state index in [4.69, 9.17) is 16.3 Å². The van der Waals surface area contributed by atoms with Crippen LogP contribution in [0.2, 0.25) is 5.02 Å². The van der Waals surface area contributed by atoms with Crippen molar-refractivity contribution in [2.24, 2.45) is 0 Å². The number of benzene rings is 1. The first-order chi connectivity index (χ1) is 12.6. The molecule has 0 bridgehead atoms. The Morgan fingerprint density at radius 1 is 1.26 bits per heavy atom. The van der Waals surface area contributed by atoms with Gasteiger partial charge in [-0.05, 0) is 32.0 Å². The van der Waals surface area contributed by atoms with Gasteiger partial charge in [0.2, 0.25) is 5.91 Å². The third kappa shape index (κ3) is 5.49. The molecule has 1 aromatic rings. The number of carbonyl (C=O) groups excluding carboxylic acids is 2. The molecule has 1 N–H and O–H groups in total. The number of amides is 2. The van der Waals surface area contributed by atoms with Crippen molar-refractivity contribution in [3.05, 3.63) is 28.8 Å². The topological polar surface area (TPSA) is 61.9 Å². The van der Waals surface area contributed by atoms with Crippen molar-refractivity contribution in [1.82, 2.24) is 9.80 Å². The van der Waals surface area contributed by atoms with Gasteiger partial charge in [0.15, 0.2) is 0 Å². The second kappa shape index (κ2) is 8.79. The Hall–Kier alpha value is -2.00. The van der Waals surface area contributed by atoms with Crippen molar-refractivity contribution in [3.8, 4) is 0 Å². The Kier molecular flexibility index (Phi) is 6.94. The number of hydrogen-bond acceptors (Lipinski definition) is 4. The summed E-state index contributed by atoms with van der Waals surface area (Å²) in [5.74, 6) is -0.435. The third-order valence-electron chi connectivity index (χ3n) is 4.31. The Bertz CT molecular complexity index is 692. The molecule has 2 rings (SSSR count). The van der Waals surface area contributed by atoms with Crippen LogP contribution in [0.25, 0.3) is 0 Å². The Morgan fingerprint density at radius 3 is 2.44 bits per heavy atom. The zero-order valence-corrected chi connectivity index (χ0v) is 15.7. The molecular weight excluding hydrogens is 387 g/mol. The average molecular weight is 408 g/mol. The van der Waals surface area contributed by atoms with Crippen LogP contribution in [-0.2, 0) is 15.7 Å². The first kappa shape index (κ1) is 21.3. The Morgan fingerprint density at radius 2 is 1.89 bits per heavy atom. The molecule has 1 atom stereocenters. The quantitative estimate of drug-likeness (QED) is 0.830. The highest BCUT2D eigenvalue weighted by molar-refractivity contribution is 6.31. The number of piperazine rings is 1. The highest BCUT2D eigenvalue weighted by Gasteiger charge is 2.34. The predicted molar refractivity (Wildman–Crippen MR) is 94.7 cm³/mol. The van der Waals surface area contributed by atoms with Crippen LogP contribution < -0.4 is 5.32 Å². The number of halogens is 4. The summed E-state index contributed by atoms with van der Waals surface area (Å²) in [6, 6.07) is 2.66. The maximum absolute atomic E-state index is 12.9. The van der Waals surface area contributed by atoms with E-state index in [2.05, 4.69) is 5.32 Å². The van der Waals surface area contributed by atoms with Crippen molar-refractivity contribution >= 4 is 29.3 Å². The number of alkyl halides is 3. The van der Waals surface area contributed by atoms with Gasteiger partial charge in [-0.2, -0.15) is 13.2 Å². The molecule has 0 spiro atoms. The molecular formula is C17H21ClF3N3O3. The van der Waals surface area contributed by atoms with Crippen LogP contribution in [0.3, 0.4) is 0 Å². The highest BCUT2D eigenvalue weighted by atomic mass is 35.5. The summed E-state index contributed by atoms with van der Waals surface area (Å²) in [7, 11) is 0. The standard InChI is InChI=1S/C17H21ClF3N3O3/c1-3-27-16(26)24-8-6-23(7-9-24)11(2)15(25)22-12-4-5-14(18)13(10-12)17(19,20)21/h4-5,10-11H,3,6-9H2,1-2H3,(H,22,25)/t11-/m0/s1. The molecule has 10 heteroatoms. The maximum Gasteiger partial charge on any atom is 0.417 e. The number of nitrogens with zero attached hydrogens (tertiary/aromatic N) is 2. The Balaban J connectivity index is 1.96. The van der Waals surface area contributed by atoms with E-state index in [-0.39, 0.29) is 5.69 Å². The van der Waals surface area contributed by atoms with Crippen molar-refractivity contribution in [2.75, 3.05) is 38.1 Å². The van der Waals surface area contributed by atoms with Crippen LogP contribution in [0.4, 0.5) is 23.7 Å². The minimum Gasteiger partial charge on any atom is -0.450 e. The zero-order valence-electron chi connectivity index (χ0n) is 15.0. The van der Waals surface area contributed by atoms with Crippen molar-refractivity contribution in [2.45, 2.75) is 26.1 Å². The largest absolute Gasteiger partial charge is 0.450 e. The number of ether oxygens (including phenoxy) is 1. The lowest BCUT2D eigenvalue weighted by Gasteiger charge is -2.36. The van der Waals surface area contributed by atoms with E-state index >= 15 is 0 Å². The second-order valence-electron chi connectivity index (χ2n) is 6.08. The molecule has 1 aromatic carbocycles. The van der Waals surface area contributed by atoms with E-state index < -0.39 is 34.8 Å². The van der Waals surface area contributed by atoms with Crippen LogP contribution in [0.1, 0.15) is 19.4 Å². The highest BCUT2D eigenvalue weighted by Crippen LogP contribution is 2.36. The van der Waals surface area contributed by atoms with Gasteiger partial charge in [0.25, 0.3) is 0 Å². The zero-order chi connectivity index (χ0) is 20.2. The molecule has 6 nitrogen and oxygen atoms in total. The van der Waals surface area contributed by atoms with Crippen molar-refractivity contribution < 1.29 is 27.5 Å². The van der Waals surface area contributed by atoms with E-state index in [1.54, 1.807) is 18.7 Å². The van der Waals surface area contributed by atoms with E-state index in [1.807, 2.05) is 4.90 Å².